The molecule has 12 unspecified atom stereocenters. The van der Waals surface area contributed by atoms with Gasteiger partial charge < -0.3 is 65.1 Å². The standard InChI is InChI=1S/C70H137NO13/c1-3-5-7-9-11-13-15-17-19-21-23-25-26-27-28-29-30-31-32-34-36-38-40-42-44-46-48-50-52-54-62(75)71-58(59(74)53-51-49-47-45-43-41-39-37-35-33-24-22-20-18-16-14-12-10-8-6-4-2)57-81-69-67(80)65(78)68(61(56-73)83-69)84-70-66(79)64(77)63(76)60(55-72)82-70/h58-61,63-70,72-74,76-80H,3-57H2,1-2H3,(H,71,75). The molecule has 9 N–H and O–H groups in total. The van der Waals surface area contributed by atoms with Gasteiger partial charge in [0.2, 0.25) is 5.91 Å². The van der Waals surface area contributed by atoms with E-state index >= 15 is 0 Å². The molecule has 500 valence electrons. The van der Waals surface area contributed by atoms with Crippen LogP contribution in [-0.2, 0) is 23.7 Å². The number of nitrogens with one attached hydrogen (secondary N) is 1. The van der Waals surface area contributed by atoms with Gasteiger partial charge in [0.1, 0.15) is 48.8 Å². The summed E-state index contributed by atoms with van der Waals surface area (Å²) in [7, 11) is 0. The first-order chi connectivity index (χ1) is 41.1. The van der Waals surface area contributed by atoms with Gasteiger partial charge in [0, 0.05) is 6.42 Å². The Balaban J connectivity index is 1.64. The van der Waals surface area contributed by atoms with Gasteiger partial charge in [-0.2, -0.15) is 0 Å². The van der Waals surface area contributed by atoms with Gasteiger partial charge in [-0.25, -0.2) is 0 Å². The molecule has 2 aliphatic rings. The number of aliphatic hydroxyl groups excluding tert-OH is 8. The zero-order valence-electron chi connectivity index (χ0n) is 54.4. The number of rotatable bonds is 61. The van der Waals surface area contributed by atoms with E-state index in [1.165, 1.54) is 270 Å². The molecular formula is C70H137NO13. The van der Waals surface area contributed by atoms with Crippen molar-refractivity contribution in [3.63, 3.8) is 0 Å². The molecule has 0 saturated carbocycles. The maximum atomic E-state index is 13.4. The van der Waals surface area contributed by atoms with Gasteiger partial charge >= 0.3 is 0 Å². The van der Waals surface area contributed by atoms with Crippen molar-refractivity contribution < 1.29 is 64.6 Å². The number of aliphatic hydroxyl groups is 8. The highest BCUT2D eigenvalue weighted by Gasteiger charge is 2.51. The van der Waals surface area contributed by atoms with Gasteiger partial charge in [-0.1, -0.05) is 328 Å². The molecule has 0 bridgehead atoms. The monoisotopic (exact) mass is 1200 g/mol. The highest BCUT2D eigenvalue weighted by molar-refractivity contribution is 5.76. The van der Waals surface area contributed by atoms with Crippen molar-refractivity contribution in [2.45, 2.75) is 421 Å². The Morgan fingerprint density at radius 2 is 0.679 bits per heavy atom. The summed E-state index contributed by atoms with van der Waals surface area (Å²) in [5.74, 6) is -0.196. The summed E-state index contributed by atoms with van der Waals surface area (Å²) in [5, 5.41) is 87.6. The van der Waals surface area contributed by atoms with Crippen LogP contribution in [0.1, 0.15) is 348 Å². The summed E-state index contributed by atoms with van der Waals surface area (Å²) < 4.78 is 22.9. The Morgan fingerprint density at radius 3 is 1.01 bits per heavy atom. The summed E-state index contributed by atoms with van der Waals surface area (Å²) in [4.78, 5) is 13.4. The van der Waals surface area contributed by atoms with E-state index in [0.717, 1.165) is 51.4 Å². The largest absolute Gasteiger partial charge is 0.394 e. The van der Waals surface area contributed by atoms with Gasteiger partial charge in [-0.3, -0.25) is 4.79 Å². The number of unbranched alkanes of at least 4 members (excludes halogenated alkanes) is 48. The second-order valence-electron chi connectivity index (χ2n) is 26.1. The van der Waals surface area contributed by atoms with E-state index in [1.807, 2.05) is 0 Å². The summed E-state index contributed by atoms with van der Waals surface area (Å²) in [6.45, 7) is 2.93. The quantitative estimate of drug-likeness (QED) is 0.0259. The molecular weight excluding hydrogens is 1060 g/mol. The Labute approximate surface area is 514 Å². The minimum absolute atomic E-state index is 0.196. The minimum atomic E-state index is -1.78. The maximum Gasteiger partial charge on any atom is 0.220 e. The molecule has 0 aromatic carbocycles. The van der Waals surface area contributed by atoms with Crippen LogP contribution in [-0.4, -0.2) is 140 Å². The third-order valence-corrected chi connectivity index (χ3v) is 18.3. The fourth-order valence-corrected chi connectivity index (χ4v) is 12.5. The fourth-order valence-electron chi connectivity index (χ4n) is 12.5. The van der Waals surface area contributed by atoms with Crippen LogP contribution in [0.15, 0.2) is 0 Å². The average Bonchev–Trinajstić information content (AvgIpc) is 3.24. The van der Waals surface area contributed by atoms with E-state index in [1.54, 1.807) is 0 Å². The molecule has 14 nitrogen and oxygen atoms in total. The molecule has 0 aromatic rings. The number of carbonyl (C=O) groups excluding carboxylic acids is 1. The van der Waals surface area contributed by atoms with Crippen LogP contribution >= 0.6 is 0 Å². The smallest absolute Gasteiger partial charge is 0.220 e. The molecule has 2 saturated heterocycles. The van der Waals surface area contributed by atoms with Crippen molar-refractivity contribution >= 4 is 5.91 Å². The van der Waals surface area contributed by atoms with Crippen molar-refractivity contribution in [2.24, 2.45) is 0 Å². The van der Waals surface area contributed by atoms with Crippen molar-refractivity contribution in [2.75, 3.05) is 19.8 Å². The molecule has 2 fully saturated rings. The van der Waals surface area contributed by atoms with Gasteiger partial charge in [0.15, 0.2) is 12.6 Å². The van der Waals surface area contributed by atoms with Crippen molar-refractivity contribution in [3.05, 3.63) is 0 Å². The van der Waals surface area contributed by atoms with Gasteiger partial charge in [-0.05, 0) is 12.8 Å². The Bertz CT molecular complexity index is 1410. The van der Waals surface area contributed by atoms with E-state index in [4.69, 9.17) is 18.9 Å². The Hall–Kier alpha value is -1.01. The third-order valence-electron chi connectivity index (χ3n) is 18.3. The fraction of sp³-hybridized carbons (Fsp3) is 0.986. The second kappa shape index (κ2) is 56.0. The van der Waals surface area contributed by atoms with Crippen LogP contribution in [0.4, 0.5) is 0 Å². The van der Waals surface area contributed by atoms with Gasteiger partial charge in [0.05, 0.1) is 32.0 Å². The lowest BCUT2D eigenvalue weighted by Crippen LogP contribution is -2.65. The predicted octanol–water partition coefficient (Wildman–Crippen LogP) is 14.8. The molecule has 2 heterocycles. The highest BCUT2D eigenvalue weighted by Crippen LogP contribution is 2.30. The molecule has 0 radical (unpaired) electrons. The van der Waals surface area contributed by atoms with Crippen molar-refractivity contribution in [3.8, 4) is 0 Å². The SMILES string of the molecule is CCCCCCCCCCCCCCCCCCCCCCCCCCCCCCCC(=O)NC(COC1OC(CO)C(OC2OC(CO)C(O)C(O)C2O)C(O)C1O)C(O)CCCCCCCCCCCCCCCCCCCCCCC. The van der Waals surface area contributed by atoms with E-state index in [0.29, 0.717) is 12.8 Å². The third kappa shape index (κ3) is 39.9. The summed E-state index contributed by atoms with van der Waals surface area (Å²) in [5.41, 5.74) is 0. The van der Waals surface area contributed by atoms with Crippen LogP contribution < -0.4 is 5.32 Å². The maximum absolute atomic E-state index is 13.4. The van der Waals surface area contributed by atoms with Crippen LogP contribution in [0.2, 0.25) is 0 Å². The minimum Gasteiger partial charge on any atom is -0.394 e. The van der Waals surface area contributed by atoms with Crippen LogP contribution in [0.5, 0.6) is 0 Å². The van der Waals surface area contributed by atoms with Crippen LogP contribution in [0.25, 0.3) is 0 Å². The first-order valence-electron chi connectivity index (χ1n) is 36.3. The topological polar surface area (TPSA) is 228 Å². The van der Waals surface area contributed by atoms with Crippen LogP contribution in [0, 0.1) is 0 Å². The molecule has 14 heteroatoms. The number of ether oxygens (including phenoxy) is 4. The zero-order valence-corrected chi connectivity index (χ0v) is 54.4. The van der Waals surface area contributed by atoms with E-state index in [2.05, 4.69) is 19.2 Å². The van der Waals surface area contributed by atoms with Crippen LogP contribution in [0.3, 0.4) is 0 Å². The number of hydrogen-bond donors (Lipinski definition) is 9. The highest BCUT2D eigenvalue weighted by atomic mass is 16.7. The molecule has 2 aliphatic heterocycles. The number of amides is 1. The van der Waals surface area contributed by atoms with Crippen molar-refractivity contribution in [1.29, 1.82) is 0 Å². The molecule has 12 atom stereocenters. The molecule has 1 amide bonds. The molecule has 0 aromatic heterocycles. The molecule has 0 spiro atoms. The van der Waals surface area contributed by atoms with E-state index in [-0.39, 0.29) is 12.5 Å². The first-order valence-corrected chi connectivity index (χ1v) is 36.3. The first kappa shape index (κ1) is 79.1. The summed E-state index contributed by atoms with van der Waals surface area (Å²) in [6.07, 6.45) is 49.8. The lowest BCUT2D eigenvalue weighted by atomic mass is 9.97. The zero-order chi connectivity index (χ0) is 60.9. The van der Waals surface area contributed by atoms with E-state index in [9.17, 15) is 45.6 Å². The molecule has 84 heavy (non-hydrogen) atoms. The lowest BCUT2D eigenvalue weighted by Gasteiger charge is -2.46. The number of hydrogen-bond acceptors (Lipinski definition) is 13. The van der Waals surface area contributed by atoms with Gasteiger partial charge in [-0.15, -0.1) is 0 Å². The normalized spacial score (nSPS) is 23.5. The predicted molar refractivity (Wildman–Crippen MR) is 342 cm³/mol. The van der Waals surface area contributed by atoms with E-state index < -0.39 is 86.8 Å². The molecule has 2 rings (SSSR count). The Morgan fingerprint density at radius 1 is 0.381 bits per heavy atom. The summed E-state index contributed by atoms with van der Waals surface area (Å²) in [6, 6.07) is -0.824. The molecule has 0 aliphatic carbocycles. The second-order valence-corrected chi connectivity index (χ2v) is 26.1. The summed E-state index contributed by atoms with van der Waals surface area (Å²) >= 11 is 0. The van der Waals surface area contributed by atoms with Gasteiger partial charge in [0.25, 0.3) is 0 Å². The Kier molecular flexibility index (Phi) is 52.7. The van der Waals surface area contributed by atoms with Crippen molar-refractivity contribution in [1.82, 2.24) is 5.32 Å². The lowest BCUT2D eigenvalue weighted by molar-refractivity contribution is -0.359. The average molecular weight is 1200 g/mol. The number of carbonyl (C=O) groups is 1.